The molecule has 1 aromatic heterocycles. The van der Waals surface area contributed by atoms with Gasteiger partial charge in [0, 0.05) is 24.0 Å². The number of aromatic hydroxyl groups is 1. The van der Waals surface area contributed by atoms with Gasteiger partial charge in [0.05, 0.1) is 5.69 Å². The molecular weight excluding hydrogens is 604 g/mol. The summed E-state index contributed by atoms with van der Waals surface area (Å²) >= 11 is 0. The summed E-state index contributed by atoms with van der Waals surface area (Å²) in [7, 11) is 0. The van der Waals surface area contributed by atoms with Crippen molar-refractivity contribution < 1.29 is 44.5 Å². The van der Waals surface area contributed by atoms with Gasteiger partial charge >= 0.3 is 5.97 Å². The van der Waals surface area contributed by atoms with Gasteiger partial charge in [-0.2, -0.15) is 0 Å². The number of aryl methyl sites for hydroxylation is 1. The number of hydrogen-bond donors (Lipinski definition) is 5. The predicted molar refractivity (Wildman–Crippen MR) is 175 cm³/mol. The highest BCUT2D eigenvalue weighted by molar-refractivity contribution is 5.92. The van der Waals surface area contributed by atoms with E-state index in [0.717, 1.165) is 58.7 Å². The first-order valence-corrected chi connectivity index (χ1v) is 16.1. The average Bonchev–Trinajstić information content (AvgIpc) is 3.19. The molecule has 5 N–H and O–H groups in total. The maximum Gasteiger partial charge on any atom is 0.335 e. The van der Waals surface area contributed by atoms with E-state index >= 15 is 0 Å². The van der Waals surface area contributed by atoms with Gasteiger partial charge in [0.1, 0.15) is 42.2 Å². The minimum absolute atomic E-state index is 0.174. The van der Waals surface area contributed by atoms with Crippen molar-refractivity contribution >= 4 is 16.9 Å². The van der Waals surface area contributed by atoms with Gasteiger partial charge < -0.3 is 44.3 Å². The lowest BCUT2D eigenvalue weighted by molar-refractivity contribution is -0.271. The second kappa shape index (κ2) is 14.3. The van der Waals surface area contributed by atoms with E-state index in [1.807, 2.05) is 37.3 Å². The van der Waals surface area contributed by atoms with E-state index in [1.54, 1.807) is 24.3 Å². The third-order valence-electron chi connectivity index (χ3n) is 9.13. The Morgan fingerprint density at radius 1 is 0.872 bits per heavy atom. The van der Waals surface area contributed by atoms with Crippen LogP contribution in [0.25, 0.3) is 22.2 Å². The normalized spacial score (nSPS) is 23.8. The number of carboxylic acid groups (broad SMARTS) is 1. The largest absolute Gasteiger partial charge is 0.508 e. The Balaban J connectivity index is 1.20. The number of aliphatic carboxylic acids is 1. The van der Waals surface area contributed by atoms with E-state index in [1.165, 1.54) is 25.7 Å². The molecule has 2 fully saturated rings. The number of benzene rings is 3. The topological polar surface area (TPSA) is 154 Å². The molecule has 6 rings (SSSR count). The zero-order valence-corrected chi connectivity index (χ0v) is 26.4. The van der Waals surface area contributed by atoms with Crippen LogP contribution in [0, 0.1) is 6.92 Å². The van der Waals surface area contributed by atoms with Crippen LogP contribution in [-0.4, -0.2) is 97.9 Å². The van der Waals surface area contributed by atoms with Gasteiger partial charge in [-0.1, -0.05) is 25.0 Å². The van der Waals surface area contributed by atoms with Crippen molar-refractivity contribution in [2.75, 3.05) is 26.2 Å². The van der Waals surface area contributed by atoms with Gasteiger partial charge in [-0.15, -0.1) is 0 Å². The van der Waals surface area contributed by atoms with Gasteiger partial charge in [0.15, 0.2) is 6.10 Å². The summed E-state index contributed by atoms with van der Waals surface area (Å²) in [6, 6.07) is 20.5. The summed E-state index contributed by atoms with van der Waals surface area (Å²) in [5, 5.41) is 51.0. The van der Waals surface area contributed by atoms with Crippen molar-refractivity contribution in [3.8, 4) is 28.5 Å². The third kappa shape index (κ3) is 7.24. The summed E-state index contributed by atoms with van der Waals surface area (Å²) in [5.74, 6) is -0.198. The molecule has 0 bridgehead atoms. The molecule has 3 heterocycles. The van der Waals surface area contributed by atoms with Crippen molar-refractivity contribution in [1.29, 1.82) is 0 Å². The van der Waals surface area contributed by atoms with Gasteiger partial charge in [-0.05, 0) is 104 Å². The molecule has 47 heavy (non-hydrogen) atoms. The summed E-state index contributed by atoms with van der Waals surface area (Å²) in [6.45, 7) is 6.44. The molecule has 11 heteroatoms. The Bertz CT molecular complexity index is 1660. The quantitative estimate of drug-likeness (QED) is 0.171. The number of rotatable bonds is 10. The Morgan fingerprint density at radius 2 is 1.55 bits per heavy atom. The van der Waals surface area contributed by atoms with Crippen LogP contribution in [0.15, 0.2) is 66.7 Å². The first kappa shape index (κ1) is 32.8. The van der Waals surface area contributed by atoms with Crippen LogP contribution in [0.5, 0.6) is 17.2 Å². The van der Waals surface area contributed by atoms with E-state index in [-0.39, 0.29) is 11.5 Å². The van der Waals surface area contributed by atoms with Crippen molar-refractivity contribution in [2.45, 2.75) is 69.9 Å². The number of ether oxygens (including phenoxy) is 3. The molecule has 0 spiro atoms. The van der Waals surface area contributed by atoms with Crippen LogP contribution in [0.4, 0.5) is 0 Å². The van der Waals surface area contributed by atoms with Gasteiger partial charge in [-0.25, -0.2) is 4.79 Å². The first-order valence-electron chi connectivity index (χ1n) is 16.1. The maximum atomic E-state index is 11.5. The molecule has 11 nitrogen and oxygen atoms in total. The van der Waals surface area contributed by atoms with Crippen molar-refractivity contribution in [2.24, 2.45) is 0 Å². The number of carboxylic acids is 1. The highest BCUT2D eigenvalue weighted by Gasteiger charge is 2.48. The zero-order chi connectivity index (χ0) is 33.1. The summed E-state index contributed by atoms with van der Waals surface area (Å²) < 4.78 is 19.2. The van der Waals surface area contributed by atoms with Gasteiger partial charge in [-0.3, -0.25) is 4.90 Å². The smallest absolute Gasteiger partial charge is 0.335 e. The van der Waals surface area contributed by atoms with Gasteiger partial charge in [0.25, 0.3) is 0 Å². The molecule has 5 atom stereocenters. The number of carbonyl (C=O) groups is 1. The summed E-state index contributed by atoms with van der Waals surface area (Å²) in [5.41, 5.74) is 4.81. The number of aliphatic hydroxyl groups excluding tert-OH is 3. The fourth-order valence-corrected chi connectivity index (χ4v) is 6.55. The molecule has 0 aliphatic carbocycles. The molecule has 250 valence electrons. The number of aliphatic hydroxyl groups is 3. The Hall–Kier alpha value is -4.13. The summed E-state index contributed by atoms with van der Waals surface area (Å²) in [4.78, 5) is 14.0. The molecule has 0 amide bonds. The lowest BCUT2D eigenvalue weighted by Crippen LogP contribution is -2.61. The Kier molecular flexibility index (Phi) is 10.00. The molecule has 2 saturated heterocycles. The van der Waals surface area contributed by atoms with E-state index in [4.69, 9.17) is 14.2 Å². The number of likely N-dealkylation sites (tertiary alicyclic amines) is 1. The molecule has 0 radical (unpaired) electrons. The third-order valence-corrected chi connectivity index (χ3v) is 9.13. The Labute approximate surface area is 273 Å². The minimum atomic E-state index is -1.80. The van der Waals surface area contributed by atoms with Crippen LogP contribution < -0.4 is 9.47 Å². The van der Waals surface area contributed by atoms with Crippen LogP contribution in [0.2, 0.25) is 0 Å². The summed E-state index contributed by atoms with van der Waals surface area (Å²) in [6.07, 6.45) is -3.33. The molecule has 0 saturated carbocycles. The van der Waals surface area contributed by atoms with Crippen molar-refractivity contribution in [3.05, 3.63) is 77.9 Å². The standard InChI is InChI=1S/C36H42N2O9/c1-22-28-20-25(39)10-15-29(28)38(21-23-6-11-26(12-7-23)45-19-18-37-16-4-2-3-5-17-37)30(22)24-8-13-27(14-9-24)46-36-33(42)31(40)32(41)34(47-36)35(43)44/h6-15,20,31-34,36,39-42H,2-5,16-19,21H2,1H3,(H,43,44)/t31?,32-,33?,34?,36+/m0/s1. The van der Waals surface area contributed by atoms with Gasteiger partial charge in [0.2, 0.25) is 6.29 Å². The highest BCUT2D eigenvalue weighted by atomic mass is 16.7. The SMILES string of the molecule is Cc1c(-c2ccc(O[C@@H]3OC(C(=O)O)[C@@H](O)C(O)C3O)cc2)n(Cc2ccc(OCCN3CCCCCC3)cc2)c2ccc(O)cc12. The molecular formula is C36H42N2O9. The van der Waals surface area contributed by atoms with E-state index < -0.39 is 36.7 Å². The number of aromatic nitrogens is 1. The lowest BCUT2D eigenvalue weighted by Gasteiger charge is -2.38. The zero-order valence-electron chi connectivity index (χ0n) is 26.4. The minimum Gasteiger partial charge on any atom is -0.508 e. The fourth-order valence-electron chi connectivity index (χ4n) is 6.55. The number of nitrogens with zero attached hydrogens (tertiary/aromatic N) is 2. The average molecular weight is 647 g/mol. The number of hydrogen-bond acceptors (Lipinski definition) is 9. The first-order chi connectivity index (χ1) is 22.7. The molecule has 2 aliphatic heterocycles. The predicted octanol–water partition coefficient (Wildman–Crippen LogP) is 3.90. The van der Waals surface area contributed by atoms with E-state index in [9.17, 15) is 30.3 Å². The molecule has 3 aromatic carbocycles. The van der Waals surface area contributed by atoms with Crippen molar-refractivity contribution in [3.63, 3.8) is 0 Å². The monoisotopic (exact) mass is 646 g/mol. The van der Waals surface area contributed by atoms with E-state index in [2.05, 4.69) is 21.6 Å². The fraction of sp³-hybridized carbons (Fsp3) is 0.417. The Morgan fingerprint density at radius 3 is 2.23 bits per heavy atom. The van der Waals surface area contributed by atoms with Crippen LogP contribution in [0.3, 0.4) is 0 Å². The lowest BCUT2D eigenvalue weighted by atomic mass is 9.99. The second-order valence-electron chi connectivity index (χ2n) is 12.4. The van der Waals surface area contributed by atoms with Crippen LogP contribution in [-0.2, 0) is 16.1 Å². The number of phenolic OH excluding ortho intramolecular Hbond substituents is 1. The highest BCUT2D eigenvalue weighted by Crippen LogP contribution is 2.37. The molecule has 2 aliphatic rings. The van der Waals surface area contributed by atoms with E-state index in [0.29, 0.717) is 13.2 Å². The molecule has 4 aromatic rings. The van der Waals surface area contributed by atoms with Crippen molar-refractivity contribution in [1.82, 2.24) is 9.47 Å². The number of phenols is 1. The van der Waals surface area contributed by atoms with Crippen LogP contribution in [0.1, 0.15) is 36.8 Å². The second-order valence-corrected chi connectivity index (χ2v) is 12.4. The van der Waals surface area contributed by atoms with Crippen LogP contribution >= 0.6 is 0 Å². The number of fused-ring (bicyclic) bond motifs is 1. The maximum absolute atomic E-state index is 11.5. The molecule has 3 unspecified atom stereocenters.